The lowest BCUT2D eigenvalue weighted by atomic mass is 9.83. The van der Waals surface area contributed by atoms with Crippen molar-refractivity contribution in [1.82, 2.24) is 0 Å². The summed E-state index contributed by atoms with van der Waals surface area (Å²) in [4.78, 5) is 12.7. The van der Waals surface area contributed by atoms with Crippen LogP contribution < -0.4 is 4.74 Å². The highest BCUT2D eigenvalue weighted by Gasteiger charge is 2.66. The van der Waals surface area contributed by atoms with Gasteiger partial charge in [-0.1, -0.05) is 37.8 Å². The van der Waals surface area contributed by atoms with E-state index < -0.39 is 29.8 Å². The molecule has 3 unspecified atom stereocenters. The number of ether oxygens (including phenoxy) is 2. The van der Waals surface area contributed by atoms with Gasteiger partial charge in [0.1, 0.15) is 23.4 Å². The number of alkyl halides is 3. The highest BCUT2D eigenvalue weighted by molar-refractivity contribution is 7.22. The van der Waals surface area contributed by atoms with Gasteiger partial charge in [0.15, 0.2) is 0 Å². The smallest absolute Gasteiger partial charge is 0.401 e. The quantitative estimate of drug-likeness (QED) is 0.277. The van der Waals surface area contributed by atoms with E-state index in [2.05, 4.69) is 43.8 Å². The summed E-state index contributed by atoms with van der Waals surface area (Å²) in [6.45, 7) is 6.44. The van der Waals surface area contributed by atoms with E-state index in [-0.39, 0.29) is 12.8 Å². The lowest BCUT2D eigenvalue weighted by Gasteiger charge is -2.37. The molecule has 4 rings (SSSR count). The molecule has 1 aromatic heterocycles. The van der Waals surface area contributed by atoms with Crippen molar-refractivity contribution in [1.29, 1.82) is 0 Å². The summed E-state index contributed by atoms with van der Waals surface area (Å²) in [5.74, 6) is -0.496. The molecule has 0 bridgehead atoms. The number of rotatable bonds is 6. The maximum Gasteiger partial charge on any atom is 0.401 e. The Morgan fingerprint density at radius 3 is 2.48 bits per heavy atom. The largest absolute Gasteiger partial charge is 0.489 e. The van der Waals surface area contributed by atoms with Crippen LogP contribution in [0.3, 0.4) is 0 Å². The standard InChI is InChI=1S/C26H25F3O3S/c1-4-16-6-8-17(9-7-16)20-14-18-10-11-19(15-21(18)33-20)31-22-12-13-23(32-24(30)5-2)25(22,3)26(27,28)29/h5-11,14-15,22-23H,2,4,12-13H2,1,3H3. The third kappa shape index (κ3) is 4.38. The summed E-state index contributed by atoms with van der Waals surface area (Å²) in [5, 5.41) is 1.00. The molecule has 0 radical (unpaired) electrons. The topological polar surface area (TPSA) is 35.5 Å². The van der Waals surface area contributed by atoms with Gasteiger partial charge < -0.3 is 9.47 Å². The van der Waals surface area contributed by atoms with Gasteiger partial charge in [-0.25, -0.2) is 4.79 Å². The van der Waals surface area contributed by atoms with Crippen LogP contribution in [0.15, 0.2) is 61.2 Å². The normalized spacial score (nSPS) is 22.9. The molecule has 0 amide bonds. The summed E-state index contributed by atoms with van der Waals surface area (Å²) < 4.78 is 54.2. The Morgan fingerprint density at radius 1 is 1.15 bits per heavy atom. The molecule has 1 fully saturated rings. The number of halogens is 3. The molecule has 2 aromatic carbocycles. The average molecular weight is 475 g/mol. The molecule has 3 nitrogen and oxygen atoms in total. The number of carbonyl (C=O) groups is 1. The summed E-state index contributed by atoms with van der Waals surface area (Å²) in [7, 11) is 0. The fraction of sp³-hybridized carbons (Fsp3) is 0.346. The Balaban J connectivity index is 1.59. The predicted molar refractivity (Wildman–Crippen MR) is 125 cm³/mol. The van der Waals surface area contributed by atoms with Gasteiger partial charge in [-0.15, -0.1) is 11.3 Å². The van der Waals surface area contributed by atoms with Crippen molar-refractivity contribution in [3.05, 3.63) is 66.7 Å². The number of carbonyl (C=O) groups excluding carboxylic acids is 1. The van der Waals surface area contributed by atoms with E-state index in [0.717, 1.165) is 39.9 Å². The van der Waals surface area contributed by atoms with Gasteiger partial charge in [-0.05, 0) is 67.0 Å². The molecule has 1 heterocycles. The molecule has 3 aromatic rings. The van der Waals surface area contributed by atoms with E-state index >= 15 is 0 Å². The molecule has 0 saturated heterocycles. The first kappa shape index (κ1) is 23.4. The minimum absolute atomic E-state index is 0.0689. The first-order valence-corrected chi connectivity index (χ1v) is 11.7. The monoisotopic (exact) mass is 474 g/mol. The summed E-state index contributed by atoms with van der Waals surface area (Å²) in [6.07, 6.45) is -5.05. The van der Waals surface area contributed by atoms with Crippen LogP contribution in [-0.2, 0) is 16.0 Å². The highest BCUT2D eigenvalue weighted by atomic mass is 32.1. The van der Waals surface area contributed by atoms with Crippen molar-refractivity contribution in [2.24, 2.45) is 5.41 Å². The number of esters is 1. The molecule has 0 N–H and O–H groups in total. The van der Waals surface area contributed by atoms with Crippen LogP contribution in [0.2, 0.25) is 0 Å². The zero-order valence-electron chi connectivity index (χ0n) is 18.4. The Hall–Kier alpha value is -2.80. The van der Waals surface area contributed by atoms with E-state index in [4.69, 9.17) is 9.47 Å². The molecule has 1 saturated carbocycles. The fourth-order valence-corrected chi connectivity index (χ4v) is 5.42. The lowest BCUT2D eigenvalue weighted by Crippen LogP contribution is -2.51. The van der Waals surface area contributed by atoms with Crippen LogP contribution in [0.5, 0.6) is 5.75 Å². The molecule has 174 valence electrons. The summed E-state index contributed by atoms with van der Waals surface area (Å²) in [6, 6.07) is 15.8. The maximum absolute atomic E-state index is 14.1. The van der Waals surface area contributed by atoms with Gasteiger partial charge in [0.05, 0.1) is 0 Å². The number of fused-ring (bicyclic) bond motifs is 1. The molecule has 7 heteroatoms. The van der Waals surface area contributed by atoms with Crippen LogP contribution in [-0.4, -0.2) is 24.4 Å². The SMILES string of the molecule is C=CC(=O)OC1CCC(Oc2ccc3cc(-c4ccc(CC)cc4)sc3c2)C1(C)C(F)(F)F. The minimum Gasteiger partial charge on any atom is -0.489 e. The molecule has 33 heavy (non-hydrogen) atoms. The zero-order chi connectivity index (χ0) is 23.8. The van der Waals surface area contributed by atoms with Gasteiger partial charge in [-0.2, -0.15) is 13.2 Å². The number of thiophene rings is 1. The van der Waals surface area contributed by atoms with Crippen LogP contribution in [0.1, 0.15) is 32.3 Å². The van der Waals surface area contributed by atoms with E-state index in [1.165, 1.54) is 5.56 Å². The summed E-state index contributed by atoms with van der Waals surface area (Å²) in [5.41, 5.74) is 0.0440. The second kappa shape index (κ2) is 8.86. The first-order chi connectivity index (χ1) is 15.7. The van der Waals surface area contributed by atoms with Crippen molar-refractivity contribution in [2.45, 2.75) is 51.5 Å². The predicted octanol–water partition coefficient (Wildman–Crippen LogP) is 7.34. The Bertz CT molecular complexity index is 1170. The van der Waals surface area contributed by atoms with Crippen molar-refractivity contribution >= 4 is 27.4 Å². The average Bonchev–Trinajstić information content (AvgIpc) is 3.35. The molecule has 1 aliphatic rings. The van der Waals surface area contributed by atoms with E-state index in [0.29, 0.717) is 5.75 Å². The molecule has 0 spiro atoms. The van der Waals surface area contributed by atoms with Crippen molar-refractivity contribution < 1.29 is 27.4 Å². The third-order valence-corrected chi connectivity index (χ3v) is 7.63. The van der Waals surface area contributed by atoms with Gasteiger partial charge >= 0.3 is 12.1 Å². The second-order valence-corrected chi connectivity index (χ2v) is 9.54. The minimum atomic E-state index is -4.61. The highest BCUT2D eigenvalue weighted by Crippen LogP contribution is 2.53. The van der Waals surface area contributed by atoms with E-state index in [1.807, 2.05) is 6.07 Å². The molecular weight excluding hydrogens is 449 g/mol. The Morgan fingerprint density at radius 2 is 1.85 bits per heavy atom. The van der Waals surface area contributed by atoms with Gasteiger partial charge in [0.2, 0.25) is 0 Å². The Labute approximate surface area is 194 Å². The van der Waals surface area contributed by atoms with E-state index in [9.17, 15) is 18.0 Å². The fourth-order valence-electron chi connectivity index (χ4n) is 4.32. The van der Waals surface area contributed by atoms with Crippen molar-refractivity contribution in [3.63, 3.8) is 0 Å². The summed E-state index contributed by atoms with van der Waals surface area (Å²) >= 11 is 1.57. The molecule has 0 aliphatic heterocycles. The van der Waals surface area contributed by atoms with Crippen LogP contribution in [0.4, 0.5) is 13.2 Å². The number of hydrogen-bond donors (Lipinski definition) is 0. The number of benzene rings is 2. The maximum atomic E-state index is 14.1. The third-order valence-electron chi connectivity index (χ3n) is 6.48. The molecule has 3 atom stereocenters. The van der Waals surface area contributed by atoms with Crippen LogP contribution in [0.25, 0.3) is 20.5 Å². The van der Waals surface area contributed by atoms with Gasteiger partial charge in [0.25, 0.3) is 0 Å². The van der Waals surface area contributed by atoms with Crippen LogP contribution in [0, 0.1) is 5.41 Å². The van der Waals surface area contributed by atoms with E-state index in [1.54, 1.807) is 23.5 Å². The Kier molecular flexibility index (Phi) is 6.27. The van der Waals surface area contributed by atoms with Gasteiger partial charge in [-0.3, -0.25) is 0 Å². The number of hydrogen-bond acceptors (Lipinski definition) is 4. The first-order valence-electron chi connectivity index (χ1n) is 10.8. The van der Waals surface area contributed by atoms with Crippen molar-refractivity contribution in [2.75, 3.05) is 0 Å². The van der Waals surface area contributed by atoms with Gasteiger partial charge in [0, 0.05) is 15.7 Å². The lowest BCUT2D eigenvalue weighted by molar-refractivity contribution is -0.262. The second-order valence-electron chi connectivity index (χ2n) is 8.45. The number of aryl methyl sites for hydroxylation is 1. The van der Waals surface area contributed by atoms with Crippen molar-refractivity contribution in [3.8, 4) is 16.2 Å². The van der Waals surface area contributed by atoms with Crippen LogP contribution >= 0.6 is 11.3 Å². The zero-order valence-corrected chi connectivity index (χ0v) is 19.3. The molecular formula is C26H25F3O3S. The molecule has 1 aliphatic carbocycles.